The number of anilines is 1. The zero-order chi connectivity index (χ0) is 22.4. The monoisotopic (exact) mass is 433 g/mol. The molecule has 2 aromatic rings. The van der Waals surface area contributed by atoms with Crippen LogP contribution in [0.3, 0.4) is 0 Å². The molecular formula is C25H23NO6. The number of Topliss-reactive ketones (excluding diaryl/α,β-unsaturated/α-hetero) is 1. The van der Waals surface area contributed by atoms with E-state index in [2.05, 4.69) is 0 Å². The van der Waals surface area contributed by atoms with E-state index in [0.717, 1.165) is 19.3 Å². The Balaban J connectivity index is 1.29. The smallest absolute Gasteiger partial charge is 0.338 e. The van der Waals surface area contributed by atoms with E-state index >= 15 is 0 Å². The number of amides is 2. The van der Waals surface area contributed by atoms with Crippen LogP contribution >= 0.6 is 0 Å². The van der Waals surface area contributed by atoms with Crippen LogP contribution in [0.2, 0.25) is 0 Å². The predicted octanol–water partition coefficient (Wildman–Crippen LogP) is 3.27. The molecule has 164 valence electrons. The molecule has 2 aliphatic carbocycles. The van der Waals surface area contributed by atoms with Gasteiger partial charge in [-0.25, -0.2) is 4.79 Å². The first kappa shape index (κ1) is 20.4. The van der Waals surface area contributed by atoms with Crippen LogP contribution in [0.5, 0.6) is 5.75 Å². The van der Waals surface area contributed by atoms with Gasteiger partial charge in [0.25, 0.3) is 0 Å². The highest BCUT2D eigenvalue weighted by Gasteiger charge is 2.61. The SMILES string of the molecule is COc1cccc(C(=O)COC(=O)c2cccc(N3C(=O)[C@@H]4[C@@H]5CC[C@@H](C5)[C@@H]4C3=O)c2)c1. The van der Waals surface area contributed by atoms with Gasteiger partial charge in [0.2, 0.25) is 11.8 Å². The zero-order valence-electron chi connectivity index (χ0n) is 17.7. The van der Waals surface area contributed by atoms with Crippen LogP contribution in [0.25, 0.3) is 0 Å². The van der Waals surface area contributed by atoms with Crippen molar-refractivity contribution in [1.82, 2.24) is 0 Å². The lowest BCUT2D eigenvalue weighted by molar-refractivity contribution is -0.123. The lowest BCUT2D eigenvalue weighted by atomic mass is 9.81. The van der Waals surface area contributed by atoms with Gasteiger partial charge in [0.05, 0.1) is 30.2 Å². The largest absolute Gasteiger partial charge is 0.497 e. The molecule has 1 aliphatic heterocycles. The molecule has 0 spiro atoms. The summed E-state index contributed by atoms with van der Waals surface area (Å²) in [7, 11) is 1.50. The van der Waals surface area contributed by atoms with Crippen molar-refractivity contribution in [2.75, 3.05) is 18.6 Å². The number of hydrogen-bond donors (Lipinski definition) is 0. The summed E-state index contributed by atoms with van der Waals surface area (Å²) < 4.78 is 10.3. The summed E-state index contributed by atoms with van der Waals surface area (Å²) in [4.78, 5) is 52.2. The molecule has 0 aromatic heterocycles. The summed E-state index contributed by atoms with van der Waals surface area (Å²) in [6, 6.07) is 12.9. The molecular weight excluding hydrogens is 410 g/mol. The number of imide groups is 1. The van der Waals surface area contributed by atoms with Gasteiger partial charge in [-0.3, -0.25) is 19.3 Å². The molecule has 0 N–H and O–H groups in total. The number of carbonyl (C=O) groups excluding carboxylic acids is 4. The molecule has 0 unspecified atom stereocenters. The molecule has 3 fully saturated rings. The molecule has 2 aromatic carbocycles. The minimum atomic E-state index is -0.692. The zero-order valence-corrected chi connectivity index (χ0v) is 17.7. The van der Waals surface area contributed by atoms with Gasteiger partial charge in [0.1, 0.15) is 5.75 Å². The fourth-order valence-electron chi connectivity index (χ4n) is 5.53. The highest BCUT2D eigenvalue weighted by molar-refractivity contribution is 6.22. The average Bonchev–Trinajstić information content (AvgIpc) is 3.51. The van der Waals surface area contributed by atoms with Gasteiger partial charge in [-0.2, -0.15) is 0 Å². The van der Waals surface area contributed by atoms with Crippen LogP contribution in [0.4, 0.5) is 5.69 Å². The third-order valence-electron chi connectivity index (χ3n) is 6.99. The number of ketones is 1. The van der Waals surface area contributed by atoms with Crippen molar-refractivity contribution in [2.45, 2.75) is 19.3 Å². The lowest BCUT2D eigenvalue weighted by Crippen LogP contribution is -2.32. The Morgan fingerprint density at radius 2 is 1.59 bits per heavy atom. The average molecular weight is 433 g/mol. The standard InChI is InChI=1S/C25H23NO6/c1-31-19-7-3-4-14(12-19)20(27)13-32-25(30)17-5-2-6-18(11-17)26-23(28)21-15-8-9-16(10-15)22(21)24(26)29/h2-7,11-12,15-16,21-22H,8-10,13H2,1H3/t15-,16+,21-,22+. The van der Waals surface area contributed by atoms with Crippen molar-refractivity contribution in [1.29, 1.82) is 0 Å². The number of hydrogen-bond acceptors (Lipinski definition) is 6. The number of rotatable bonds is 6. The Bertz CT molecular complexity index is 1100. The molecule has 32 heavy (non-hydrogen) atoms. The molecule has 5 rings (SSSR count). The molecule has 2 amide bonds. The predicted molar refractivity (Wildman–Crippen MR) is 114 cm³/mol. The minimum absolute atomic E-state index is 0.161. The van der Waals surface area contributed by atoms with Crippen molar-refractivity contribution in [3.8, 4) is 5.75 Å². The fourth-order valence-corrected chi connectivity index (χ4v) is 5.53. The Morgan fingerprint density at radius 3 is 2.28 bits per heavy atom. The molecule has 1 saturated heterocycles. The highest BCUT2D eigenvalue weighted by atomic mass is 16.5. The summed E-state index contributed by atoms with van der Waals surface area (Å²) in [5.74, 6) is -0.701. The van der Waals surface area contributed by atoms with Crippen molar-refractivity contribution in [3.63, 3.8) is 0 Å². The van der Waals surface area contributed by atoms with Gasteiger partial charge < -0.3 is 9.47 Å². The number of fused-ring (bicyclic) bond motifs is 5. The first-order valence-corrected chi connectivity index (χ1v) is 10.8. The first-order valence-electron chi connectivity index (χ1n) is 10.8. The van der Waals surface area contributed by atoms with E-state index in [9.17, 15) is 19.2 Å². The summed E-state index contributed by atoms with van der Waals surface area (Å²) in [5.41, 5.74) is 0.935. The molecule has 4 atom stereocenters. The topological polar surface area (TPSA) is 90.0 Å². The van der Waals surface area contributed by atoms with E-state index in [1.807, 2.05) is 0 Å². The molecule has 7 nitrogen and oxygen atoms in total. The van der Waals surface area contributed by atoms with E-state index in [-0.39, 0.29) is 35.0 Å². The summed E-state index contributed by atoms with van der Waals surface area (Å²) >= 11 is 0. The summed E-state index contributed by atoms with van der Waals surface area (Å²) in [6.07, 6.45) is 2.98. The second kappa shape index (κ2) is 7.89. The molecule has 2 bridgehead atoms. The quantitative estimate of drug-likeness (QED) is 0.395. The van der Waals surface area contributed by atoms with Crippen LogP contribution in [0, 0.1) is 23.7 Å². The maximum atomic E-state index is 13.0. The number of ether oxygens (including phenoxy) is 2. The molecule has 7 heteroatoms. The van der Waals surface area contributed by atoms with Crippen molar-refractivity contribution < 1.29 is 28.7 Å². The normalized spacial score (nSPS) is 25.7. The summed E-state index contributed by atoms with van der Waals surface area (Å²) in [6.45, 7) is -0.425. The van der Waals surface area contributed by atoms with Gasteiger partial charge in [0, 0.05) is 5.56 Å². The van der Waals surface area contributed by atoms with Crippen LogP contribution < -0.4 is 9.64 Å². The van der Waals surface area contributed by atoms with Gasteiger partial charge in [-0.1, -0.05) is 18.2 Å². The molecule has 0 radical (unpaired) electrons. The Labute approximate surface area is 185 Å². The van der Waals surface area contributed by atoms with Crippen LogP contribution in [-0.4, -0.2) is 37.3 Å². The highest BCUT2D eigenvalue weighted by Crippen LogP contribution is 2.56. The Hall–Kier alpha value is -3.48. The van der Waals surface area contributed by atoms with Crippen LogP contribution in [-0.2, 0) is 14.3 Å². The van der Waals surface area contributed by atoms with Crippen LogP contribution in [0.15, 0.2) is 48.5 Å². The van der Waals surface area contributed by atoms with E-state index in [1.54, 1.807) is 36.4 Å². The number of esters is 1. The van der Waals surface area contributed by atoms with E-state index in [0.29, 0.717) is 28.8 Å². The maximum absolute atomic E-state index is 13.0. The van der Waals surface area contributed by atoms with Gasteiger partial charge in [-0.05, 0) is 61.4 Å². The second-order valence-electron chi connectivity index (χ2n) is 8.68. The lowest BCUT2D eigenvalue weighted by Gasteiger charge is -2.19. The van der Waals surface area contributed by atoms with Crippen molar-refractivity contribution >= 4 is 29.3 Å². The van der Waals surface area contributed by atoms with E-state index in [4.69, 9.17) is 9.47 Å². The Morgan fingerprint density at radius 1 is 0.938 bits per heavy atom. The number of benzene rings is 2. The third-order valence-corrected chi connectivity index (χ3v) is 6.99. The van der Waals surface area contributed by atoms with E-state index in [1.165, 1.54) is 24.1 Å². The fraction of sp³-hybridized carbons (Fsp3) is 0.360. The first-order chi connectivity index (χ1) is 15.5. The van der Waals surface area contributed by atoms with Crippen molar-refractivity contribution in [2.24, 2.45) is 23.7 Å². The molecule has 1 heterocycles. The maximum Gasteiger partial charge on any atom is 0.338 e. The van der Waals surface area contributed by atoms with Crippen molar-refractivity contribution in [3.05, 3.63) is 59.7 Å². The van der Waals surface area contributed by atoms with Gasteiger partial charge in [0.15, 0.2) is 12.4 Å². The summed E-state index contributed by atoms with van der Waals surface area (Å²) in [5, 5.41) is 0. The minimum Gasteiger partial charge on any atom is -0.497 e. The van der Waals surface area contributed by atoms with E-state index < -0.39 is 12.6 Å². The molecule has 3 aliphatic rings. The third kappa shape index (κ3) is 3.28. The number of nitrogens with zero attached hydrogens (tertiary/aromatic N) is 1. The number of methoxy groups -OCH3 is 1. The second-order valence-corrected chi connectivity index (χ2v) is 8.68. The van der Waals surface area contributed by atoms with Crippen LogP contribution in [0.1, 0.15) is 40.0 Å². The molecule has 2 saturated carbocycles. The van der Waals surface area contributed by atoms with Gasteiger partial charge in [-0.15, -0.1) is 0 Å². The number of carbonyl (C=O) groups is 4. The Kier molecular flexibility index (Phi) is 5.04. The van der Waals surface area contributed by atoms with Gasteiger partial charge >= 0.3 is 5.97 Å².